The molecule has 0 aliphatic carbocycles. The normalized spacial score (nSPS) is 13.8. The van der Waals surface area contributed by atoms with Crippen molar-refractivity contribution in [3.05, 3.63) is 0 Å². The number of alkyl halides is 3. The van der Waals surface area contributed by atoms with Gasteiger partial charge in [-0.2, -0.15) is 13.2 Å². The maximum Gasteiger partial charge on any atom is 0.372 e. The summed E-state index contributed by atoms with van der Waals surface area (Å²) in [5, 5.41) is 0. The fourth-order valence-corrected chi connectivity index (χ4v) is 1.95. The second-order valence-corrected chi connectivity index (χ2v) is 12.3. The summed E-state index contributed by atoms with van der Waals surface area (Å²) < 4.78 is 36.5. The van der Waals surface area contributed by atoms with E-state index in [9.17, 15) is 13.2 Å². The van der Waals surface area contributed by atoms with E-state index in [4.69, 9.17) is 0 Å². The average Bonchev–Trinajstić information content (AvgIpc) is 1.84. The van der Waals surface area contributed by atoms with E-state index < -0.39 is 11.4 Å². The van der Waals surface area contributed by atoms with Gasteiger partial charge in [0.15, 0.2) is 0 Å². The van der Waals surface area contributed by atoms with Crippen molar-refractivity contribution in [1.82, 2.24) is 0 Å². The Morgan fingerprint density at radius 2 is 1.50 bits per heavy atom. The van der Waals surface area contributed by atoms with Crippen LogP contribution in [-0.4, -0.2) is 11.4 Å². The first kappa shape index (κ1) is 10.7. The first-order chi connectivity index (χ1) is 4.37. The highest BCUT2D eigenvalue weighted by Crippen LogP contribution is 2.39. The zero-order chi connectivity index (χ0) is 8.41. The van der Waals surface area contributed by atoms with Crippen molar-refractivity contribution >= 4 is 27.4 Å². The Kier molecular flexibility index (Phi) is 3.67. The SMILES string of the molecule is CC[Si](I)(CC)C(F)(F)F. The van der Waals surface area contributed by atoms with E-state index in [1.807, 2.05) is 0 Å². The van der Waals surface area contributed by atoms with Crippen LogP contribution >= 0.6 is 21.8 Å². The lowest BCUT2D eigenvalue weighted by atomic mass is 10.9. The van der Waals surface area contributed by atoms with Crippen molar-refractivity contribution in [2.24, 2.45) is 0 Å². The maximum atomic E-state index is 12.2. The van der Waals surface area contributed by atoms with Crippen molar-refractivity contribution in [2.75, 3.05) is 0 Å². The molecule has 0 rings (SSSR count). The van der Waals surface area contributed by atoms with Crippen molar-refractivity contribution < 1.29 is 13.2 Å². The molecule has 0 aromatic carbocycles. The Labute approximate surface area is 72.4 Å². The minimum absolute atomic E-state index is 0.285. The first-order valence-electron chi connectivity index (χ1n) is 3.13. The van der Waals surface area contributed by atoms with Gasteiger partial charge in [0.1, 0.15) is 0 Å². The molecule has 0 heterocycles. The standard InChI is InChI=1S/C5H10F3ISi/c1-3-10(9,4-2)5(6,7)8/h3-4H2,1-2H3. The van der Waals surface area contributed by atoms with Gasteiger partial charge >= 0.3 is 5.80 Å². The third-order valence-corrected chi connectivity index (χ3v) is 11.3. The van der Waals surface area contributed by atoms with Gasteiger partial charge in [-0.05, 0) is 12.1 Å². The van der Waals surface area contributed by atoms with Crippen molar-refractivity contribution in [3.63, 3.8) is 0 Å². The van der Waals surface area contributed by atoms with E-state index in [0.717, 1.165) is 0 Å². The topological polar surface area (TPSA) is 0 Å². The van der Waals surface area contributed by atoms with Gasteiger partial charge in [-0.1, -0.05) is 13.8 Å². The molecule has 0 bridgehead atoms. The van der Waals surface area contributed by atoms with Gasteiger partial charge in [0, 0.05) is 0 Å². The van der Waals surface area contributed by atoms with Crippen LogP contribution in [-0.2, 0) is 0 Å². The third kappa shape index (κ3) is 2.11. The van der Waals surface area contributed by atoms with E-state index >= 15 is 0 Å². The maximum absolute atomic E-state index is 12.2. The summed E-state index contributed by atoms with van der Waals surface area (Å²) in [6.45, 7) is 3.24. The molecule has 62 valence electrons. The molecule has 0 aromatic heterocycles. The summed E-state index contributed by atoms with van der Waals surface area (Å²) in [4.78, 5) is 0. The van der Waals surface area contributed by atoms with Gasteiger partial charge < -0.3 is 0 Å². The Hall–Kier alpha value is 0.737. The fourth-order valence-electron chi connectivity index (χ4n) is 0.651. The molecule has 0 radical (unpaired) electrons. The van der Waals surface area contributed by atoms with Crippen LogP contribution < -0.4 is 0 Å². The molecular weight excluding hydrogens is 272 g/mol. The smallest absolute Gasteiger partial charge is 0.176 e. The summed E-state index contributed by atoms with van der Waals surface area (Å²) >= 11 is 1.62. The third-order valence-electron chi connectivity index (χ3n) is 1.63. The van der Waals surface area contributed by atoms with E-state index in [2.05, 4.69) is 0 Å². The van der Waals surface area contributed by atoms with Gasteiger partial charge in [0.2, 0.25) is 5.57 Å². The highest BCUT2D eigenvalue weighted by molar-refractivity contribution is 14.1. The van der Waals surface area contributed by atoms with E-state index in [1.54, 1.807) is 35.6 Å². The highest BCUT2D eigenvalue weighted by atomic mass is 127. The molecule has 0 spiro atoms. The Morgan fingerprint density at radius 1 is 1.20 bits per heavy atom. The predicted octanol–water partition coefficient (Wildman–Crippen LogP) is 3.51. The molecule has 0 aliphatic rings. The minimum Gasteiger partial charge on any atom is -0.176 e. The zero-order valence-corrected chi connectivity index (χ0v) is 9.08. The molecule has 0 amide bonds. The monoisotopic (exact) mass is 282 g/mol. The molecule has 0 unspecified atom stereocenters. The molecule has 0 aliphatic heterocycles. The Bertz CT molecular complexity index is 108. The number of hydrogen-bond acceptors (Lipinski definition) is 0. The van der Waals surface area contributed by atoms with E-state index in [-0.39, 0.29) is 12.1 Å². The number of halogens is 4. The van der Waals surface area contributed by atoms with Gasteiger partial charge in [-0.25, -0.2) is 0 Å². The summed E-state index contributed by atoms with van der Waals surface area (Å²) in [6.07, 6.45) is 0. The lowest BCUT2D eigenvalue weighted by molar-refractivity contribution is -0.0528. The molecular formula is C5H10F3ISi. The second-order valence-electron chi connectivity index (χ2n) is 2.17. The van der Waals surface area contributed by atoms with Crippen LogP contribution in [0.3, 0.4) is 0 Å². The molecule has 10 heavy (non-hydrogen) atoms. The molecule has 0 nitrogen and oxygen atoms in total. The molecule has 0 N–H and O–H groups in total. The van der Waals surface area contributed by atoms with Gasteiger partial charge in [0.05, 0.1) is 0 Å². The molecule has 0 fully saturated rings. The van der Waals surface area contributed by atoms with Crippen molar-refractivity contribution in [3.8, 4) is 0 Å². The van der Waals surface area contributed by atoms with Gasteiger partial charge in [0.25, 0.3) is 0 Å². The van der Waals surface area contributed by atoms with E-state index in [1.165, 1.54) is 0 Å². The molecule has 0 atom stereocenters. The van der Waals surface area contributed by atoms with E-state index in [0.29, 0.717) is 0 Å². The van der Waals surface area contributed by atoms with Crippen LogP contribution in [0.1, 0.15) is 13.8 Å². The predicted molar refractivity (Wildman–Crippen MR) is 46.8 cm³/mol. The van der Waals surface area contributed by atoms with Crippen LogP contribution in [0.2, 0.25) is 12.1 Å². The van der Waals surface area contributed by atoms with Crippen LogP contribution in [0.15, 0.2) is 0 Å². The quantitative estimate of drug-likeness (QED) is 0.413. The summed E-state index contributed by atoms with van der Waals surface area (Å²) in [6, 6.07) is 0.571. The lowest BCUT2D eigenvalue weighted by Crippen LogP contribution is -2.43. The summed E-state index contributed by atoms with van der Waals surface area (Å²) in [5.74, 6) is -3.92. The van der Waals surface area contributed by atoms with Crippen LogP contribution in [0.5, 0.6) is 0 Å². The van der Waals surface area contributed by atoms with Crippen molar-refractivity contribution in [2.45, 2.75) is 31.7 Å². The van der Waals surface area contributed by atoms with Gasteiger partial charge in [-0.3, -0.25) is 0 Å². The molecule has 0 saturated carbocycles. The number of rotatable bonds is 2. The van der Waals surface area contributed by atoms with Crippen LogP contribution in [0.25, 0.3) is 0 Å². The zero-order valence-electron chi connectivity index (χ0n) is 5.93. The Morgan fingerprint density at radius 3 is 1.50 bits per heavy atom. The van der Waals surface area contributed by atoms with Crippen molar-refractivity contribution in [1.29, 1.82) is 0 Å². The molecule has 5 heteroatoms. The fraction of sp³-hybridized carbons (Fsp3) is 1.00. The number of hydrogen-bond donors (Lipinski definition) is 0. The van der Waals surface area contributed by atoms with Gasteiger partial charge in [-0.15, -0.1) is 21.8 Å². The van der Waals surface area contributed by atoms with Crippen LogP contribution in [0.4, 0.5) is 13.2 Å². The van der Waals surface area contributed by atoms with Crippen LogP contribution in [0, 0.1) is 0 Å². The average molecular weight is 282 g/mol. The minimum atomic E-state index is -3.92. The first-order valence-corrected chi connectivity index (χ1v) is 8.66. The molecule has 0 saturated heterocycles. The summed E-state index contributed by atoms with van der Waals surface area (Å²) in [7, 11) is 0. The summed E-state index contributed by atoms with van der Waals surface area (Å²) in [5.41, 5.74) is -2.93. The largest absolute Gasteiger partial charge is 0.372 e. The molecule has 0 aromatic rings. The highest BCUT2D eigenvalue weighted by Gasteiger charge is 2.52. The second kappa shape index (κ2) is 3.42. The Balaban J connectivity index is 4.33. The lowest BCUT2D eigenvalue weighted by Gasteiger charge is -2.24.